The Morgan fingerprint density at radius 2 is 2.00 bits per heavy atom. The quantitative estimate of drug-likeness (QED) is 0.680. The van der Waals surface area contributed by atoms with Crippen LogP contribution in [-0.2, 0) is 6.18 Å². The Labute approximate surface area is 73.4 Å². The van der Waals surface area contributed by atoms with E-state index in [0.29, 0.717) is 5.56 Å². The summed E-state index contributed by atoms with van der Waals surface area (Å²) in [6.07, 6.45) is -3.28. The van der Waals surface area contributed by atoms with Gasteiger partial charge in [-0.25, -0.2) is 0 Å². The molecule has 0 aliphatic carbocycles. The van der Waals surface area contributed by atoms with E-state index in [4.69, 9.17) is 4.74 Å². The molecule has 0 atom stereocenters. The number of rotatable bonds is 1. The third-order valence-electron chi connectivity index (χ3n) is 1.56. The lowest BCUT2D eigenvalue weighted by molar-refractivity contribution is -0.141. The second kappa shape index (κ2) is 3.24. The van der Waals surface area contributed by atoms with Gasteiger partial charge in [-0.05, 0) is 6.92 Å². The lowest BCUT2D eigenvalue weighted by Gasteiger charge is -2.08. The minimum Gasteiger partial charge on any atom is -0.496 e. The van der Waals surface area contributed by atoms with Crippen molar-refractivity contribution in [2.75, 3.05) is 7.11 Å². The molecule has 0 spiro atoms. The Bertz CT molecular complexity index is 309. The monoisotopic (exact) mass is 191 g/mol. The molecular formula is C8H8F3NO. The molecule has 0 aliphatic rings. The van der Waals surface area contributed by atoms with Crippen LogP contribution in [0.2, 0.25) is 0 Å². The average Bonchev–Trinajstić information content (AvgIpc) is 2.03. The molecule has 0 saturated carbocycles. The molecule has 72 valence electrons. The molecule has 1 aromatic rings. The van der Waals surface area contributed by atoms with E-state index in [0.717, 1.165) is 12.3 Å². The van der Waals surface area contributed by atoms with Gasteiger partial charge in [-0.1, -0.05) is 0 Å². The molecule has 1 rings (SSSR count). The van der Waals surface area contributed by atoms with Crippen molar-refractivity contribution in [3.8, 4) is 5.75 Å². The fourth-order valence-electron chi connectivity index (χ4n) is 0.880. The van der Waals surface area contributed by atoms with Crippen molar-refractivity contribution >= 4 is 0 Å². The van der Waals surface area contributed by atoms with Crippen molar-refractivity contribution in [2.24, 2.45) is 0 Å². The van der Waals surface area contributed by atoms with Crippen LogP contribution in [0.25, 0.3) is 0 Å². The number of hydrogen-bond donors (Lipinski definition) is 0. The standard InChI is InChI=1S/C8H8F3NO/c1-5-4-12-7(8(9,10)11)3-6(5)13-2/h3-4H,1-2H3. The Morgan fingerprint density at radius 1 is 1.38 bits per heavy atom. The number of aromatic nitrogens is 1. The number of halogens is 3. The van der Waals surface area contributed by atoms with Gasteiger partial charge in [0.15, 0.2) is 0 Å². The van der Waals surface area contributed by atoms with Gasteiger partial charge in [0.2, 0.25) is 0 Å². The maximum atomic E-state index is 12.1. The van der Waals surface area contributed by atoms with Gasteiger partial charge in [-0.15, -0.1) is 0 Å². The maximum absolute atomic E-state index is 12.1. The van der Waals surface area contributed by atoms with E-state index in [1.165, 1.54) is 7.11 Å². The predicted molar refractivity (Wildman–Crippen MR) is 40.5 cm³/mol. The number of alkyl halides is 3. The first-order valence-electron chi connectivity index (χ1n) is 3.53. The van der Waals surface area contributed by atoms with E-state index in [-0.39, 0.29) is 5.75 Å². The van der Waals surface area contributed by atoms with E-state index in [2.05, 4.69) is 4.98 Å². The summed E-state index contributed by atoms with van der Waals surface area (Å²) in [7, 11) is 1.32. The van der Waals surface area contributed by atoms with Gasteiger partial charge in [0.1, 0.15) is 11.4 Å². The Balaban J connectivity index is 3.14. The van der Waals surface area contributed by atoms with Crippen molar-refractivity contribution in [3.05, 3.63) is 23.5 Å². The summed E-state index contributed by atoms with van der Waals surface area (Å²) in [5.74, 6) is 0.197. The van der Waals surface area contributed by atoms with E-state index < -0.39 is 11.9 Å². The molecular weight excluding hydrogens is 183 g/mol. The van der Waals surface area contributed by atoms with Crippen LogP contribution in [0.15, 0.2) is 12.3 Å². The molecule has 5 heteroatoms. The van der Waals surface area contributed by atoms with Gasteiger partial charge in [-0.2, -0.15) is 13.2 Å². The first kappa shape index (κ1) is 9.83. The normalized spacial score (nSPS) is 11.5. The molecule has 0 amide bonds. The van der Waals surface area contributed by atoms with E-state index in [1.54, 1.807) is 6.92 Å². The molecule has 0 bridgehead atoms. The van der Waals surface area contributed by atoms with E-state index >= 15 is 0 Å². The van der Waals surface area contributed by atoms with Crippen LogP contribution in [-0.4, -0.2) is 12.1 Å². The molecule has 2 nitrogen and oxygen atoms in total. The lowest BCUT2D eigenvalue weighted by Crippen LogP contribution is -2.08. The van der Waals surface area contributed by atoms with Crippen LogP contribution in [0, 0.1) is 6.92 Å². The molecule has 0 aliphatic heterocycles. The smallest absolute Gasteiger partial charge is 0.433 e. The summed E-state index contributed by atoms with van der Waals surface area (Å²) in [5, 5.41) is 0. The highest BCUT2D eigenvalue weighted by Gasteiger charge is 2.32. The molecule has 1 aromatic heterocycles. The summed E-state index contributed by atoms with van der Waals surface area (Å²) >= 11 is 0. The summed E-state index contributed by atoms with van der Waals surface area (Å²) in [6, 6.07) is 0.884. The van der Waals surface area contributed by atoms with Crippen LogP contribution in [0.4, 0.5) is 13.2 Å². The minimum atomic E-state index is -4.42. The third-order valence-corrected chi connectivity index (χ3v) is 1.56. The molecule has 0 saturated heterocycles. The number of pyridine rings is 1. The maximum Gasteiger partial charge on any atom is 0.433 e. The zero-order chi connectivity index (χ0) is 10.1. The topological polar surface area (TPSA) is 22.1 Å². The number of aryl methyl sites for hydroxylation is 1. The largest absolute Gasteiger partial charge is 0.496 e. The summed E-state index contributed by atoms with van der Waals surface area (Å²) in [6.45, 7) is 1.63. The van der Waals surface area contributed by atoms with Gasteiger partial charge >= 0.3 is 6.18 Å². The van der Waals surface area contributed by atoms with Gasteiger partial charge in [0, 0.05) is 17.8 Å². The van der Waals surface area contributed by atoms with Crippen LogP contribution in [0.5, 0.6) is 5.75 Å². The molecule has 13 heavy (non-hydrogen) atoms. The molecule has 0 N–H and O–H groups in total. The lowest BCUT2D eigenvalue weighted by atomic mass is 10.2. The second-order valence-electron chi connectivity index (χ2n) is 2.54. The number of hydrogen-bond acceptors (Lipinski definition) is 2. The molecule has 0 unspecified atom stereocenters. The van der Waals surface area contributed by atoms with Crippen molar-refractivity contribution < 1.29 is 17.9 Å². The van der Waals surface area contributed by atoms with Crippen molar-refractivity contribution in [1.29, 1.82) is 0 Å². The first-order chi connectivity index (χ1) is 5.95. The third kappa shape index (κ3) is 2.11. The van der Waals surface area contributed by atoms with Crippen LogP contribution < -0.4 is 4.74 Å². The first-order valence-corrected chi connectivity index (χ1v) is 3.53. The van der Waals surface area contributed by atoms with E-state index in [9.17, 15) is 13.2 Å². The number of ether oxygens (including phenoxy) is 1. The second-order valence-corrected chi connectivity index (χ2v) is 2.54. The summed E-state index contributed by atoms with van der Waals surface area (Å²) < 4.78 is 41.1. The highest BCUT2D eigenvalue weighted by atomic mass is 19.4. The molecule has 0 aromatic carbocycles. The fourth-order valence-corrected chi connectivity index (χ4v) is 0.880. The number of methoxy groups -OCH3 is 1. The summed E-state index contributed by atoms with van der Waals surface area (Å²) in [5.41, 5.74) is -0.356. The Hall–Kier alpha value is -1.26. The van der Waals surface area contributed by atoms with Crippen molar-refractivity contribution in [1.82, 2.24) is 4.98 Å². The van der Waals surface area contributed by atoms with Crippen molar-refractivity contribution in [3.63, 3.8) is 0 Å². The average molecular weight is 191 g/mol. The van der Waals surface area contributed by atoms with Gasteiger partial charge in [0.25, 0.3) is 0 Å². The number of nitrogens with zero attached hydrogens (tertiary/aromatic N) is 1. The van der Waals surface area contributed by atoms with E-state index in [1.807, 2.05) is 0 Å². The molecule has 0 radical (unpaired) electrons. The molecule has 0 fully saturated rings. The highest BCUT2D eigenvalue weighted by Crippen LogP contribution is 2.30. The molecule has 1 heterocycles. The summed E-state index contributed by atoms with van der Waals surface area (Å²) in [4.78, 5) is 3.25. The highest BCUT2D eigenvalue weighted by molar-refractivity contribution is 5.32. The SMILES string of the molecule is COc1cc(C(F)(F)F)ncc1C. The van der Waals surface area contributed by atoms with Gasteiger partial charge < -0.3 is 4.74 Å². The predicted octanol–water partition coefficient (Wildman–Crippen LogP) is 2.42. The Kier molecular flexibility index (Phi) is 2.45. The van der Waals surface area contributed by atoms with Crippen LogP contribution in [0.3, 0.4) is 0 Å². The van der Waals surface area contributed by atoms with Crippen LogP contribution >= 0.6 is 0 Å². The minimum absolute atomic E-state index is 0.197. The van der Waals surface area contributed by atoms with Crippen molar-refractivity contribution in [2.45, 2.75) is 13.1 Å². The zero-order valence-electron chi connectivity index (χ0n) is 7.14. The van der Waals surface area contributed by atoms with Gasteiger partial charge in [0.05, 0.1) is 7.11 Å². The zero-order valence-corrected chi connectivity index (χ0v) is 7.14. The van der Waals surface area contributed by atoms with Gasteiger partial charge in [-0.3, -0.25) is 4.98 Å². The van der Waals surface area contributed by atoms with Crippen LogP contribution in [0.1, 0.15) is 11.3 Å². The fraction of sp³-hybridized carbons (Fsp3) is 0.375. The Morgan fingerprint density at radius 3 is 2.46 bits per heavy atom.